The van der Waals surface area contributed by atoms with Gasteiger partial charge in [0.05, 0.1) is 15.7 Å². The van der Waals surface area contributed by atoms with Crippen LogP contribution in [-0.4, -0.2) is 25.4 Å². The third-order valence-corrected chi connectivity index (χ3v) is 6.00. The number of hydrogen-bond donors (Lipinski definition) is 1. The highest BCUT2D eigenvalue weighted by Crippen LogP contribution is 2.59. The van der Waals surface area contributed by atoms with Gasteiger partial charge in [-0.15, -0.1) is 0 Å². The van der Waals surface area contributed by atoms with E-state index < -0.39 is 38.1 Å². The van der Waals surface area contributed by atoms with Gasteiger partial charge in [-0.25, -0.2) is 8.78 Å². The van der Waals surface area contributed by atoms with Crippen LogP contribution in [0.1, 0.15) is 17.7 Å². The van der Waals surface area contributed by atoms with Gasteiger partial charge in [-0.2, -0.15) is 13.2 Å². The van der Waals surface area contributed by atoms with Gasteiger partial charge in [0.1, 0.15) is 0 Å². The van der Waals surface area contributed by atoms with E-state index in [1.165, 1.54) is 31.8 Å². The number of nitrogens with one attached hydrogen (secondary N) is 1. The second-order valence-electron chi connectivity index (χ2n) is 7.39. The minimum Gasteiger partial charge on any atom is -0.395 e. The highest BCUT2D eigenvalue weighted by Gasteiger charge is 2.75. The Kier molecular flexibility index (Phi) is 4.47. The number of benzene rings is 1. The fourth-order valence-corrected chi connectivity index (χ4v) is 5.05. The van der Waals surface area contributed by atoms with Crippen LogP contribution in [0.25, 0.3) is 10.9 Å². The first-order valence-corrected chi connectivity index (χ1v) is 12.0. The predicted octanol–water partition coefficient (Wildman–Crippen LogP) is 6.67. The minimum absolute atomic E-state index is 0.119. The maximum absolute atomic E-state index is 14.8. The van der Waals surface area contributed by atoms with Crippen molar-refractivity contribution in [2.24, 2.45) is 0 Å². The number of H-pyrrole nitrogens is 1. The molecule has 1 aliphatic rings. The van der Waals surface area contributed by atoms with Gasteiger partial charge in [0.15, 0.2) is 8.32 Å². The van der Waals surface area contributed by atoms with Crippen molar-refractivity contribution in [3.8, 4) is 0 Å². The van der Waals surface area contributed by atoms with E-state index in [1.54, 1.807) is 0 Å². The van der Waals surface area contributed by atoms with Crippen molar-refractivity contribution in [3.05, 3.63) is 33.4 Å². The molecule has 1 aromatic heterocycles. The smallest absolute Gasteiger partial charge is 0.395 e. The van der Waals surface area contributed by atoms with E-state index in [2.05, 4.69) is 4.98 Å². The van der Waals surface area contributed by atoms with Crippen molar-refractivity contribution in [2.45, 2.75) is 50.2 Å². The molecule has 0 saturated heterocycles. The first kappa shape index (κ1) is 19.9. The van der Waals surface area contributed by atoms with Gasteiger partial charge in [0.2, 0.25) is 0 Å². The van der Waals surface area contributed by atoms with E-state index in [4.69, 9.17) is 27.6 Å². The summed E-state index contributed by atoms with van der Waals surface area (Å²) in [5, 5.41) is 0.605. The molecule has 144 valence electrons. The molecule has 26 heavy (non-hydrogen) atoms. The highest BCUT2D eigenvalue weighted by molar-refractivity contribution is 6.69. The minimum atomic E-state index is -5.32. The van der Waals surface area contributed by atoms with Crippen LogP contribution in [0.4, 0.5) is 22.0 Å². The van der Waals surface area contributed by atoms with Crippen LogP contribution in [0.3, 0.4) is 0 Å². The second-order valence-corrected chi connectivity index (χ2v) is 12.6. The van der Waals surface area contributed by atoms with E-state index in [0.29, 0.717) is 5.39 Å². The first-order chi connectivity index (χ1) is 11.7. The molecule has 1 heterocycles. The van der Waals surface area contributed by atoms with Crippen LogP contribution in [-0.2, 0) is 16.4 Å². The molecule has 10 heteroatoms. The van der Waals surface area contributed by atoms with Crippen LogP contribution < -0.4 is 0 Å². The van der Waals surface area contributed by atoms with Gasteiger partial charge >= 0.3 is 6.18 Å². The summed E-state index contributed by atoms with van der Waals surface area (Å²) in [5.74, 6) is -4.12. The van der Waals surface area contributed by atoms with Crippen molar-refractivity contribution in [3.63, 3.8) is 0 Å². The monoisotopic (exact) mass is 431 g/mol. The quantitative estimate of drug-likeness (QED) is 0.416. The van der Waals surface area contributed by atoms with Crippen LogP contribution in [0.5, 0.6) is 0 Å². The Morgan fingerprint density at radius 3 is 2.23 bits per heavy atom. The Bertz CT molecular complexity index is 874. The van der Waals surface area contributed by atoms with E-state index in [-0.39, 0.29) is 27.5 Å². The van der Waals surface area contributed by atoms with Gasteiger partial charge in [0.25, 0.3) is 11.5 Å². The summed E-state index contributed by atoms with van der Waals surface area (Å²) < 4.78 is 77.3. The molecule has 0 aliphatic heterocycles. The zero-order valence-electron chi connectivity index (χ0n) is 14.1. The Morgan fingerprint density at radius 1 is 1.12 bits per heavy atom. The number of fused-ring (bicyclic) bond motifs is 3. The lowest BCUT2D eigenvalue weighted by Crippen LogP contribution is -2.63. The lowest BCUT2D eigenvalue weighted by molar-refractivity contribution is -0.337. The number of halogens is 7. The molecule has 0 fully saturated rings. The van der Waals surface area contributed by atoms with E-state index >= 15 is 0 Å². The molecule has 0 spiro atoms. The molecule has 2 aromatic rings. The lowest BCUT2D eigenvalue weighted by atomic mass is 9.79. The highest BCUT2D eigenvalue weighted by atomic mass is 35.5. The standard InChI is InChI=1S/C16H16Cl2F5NOSi/c1-26(2,3)25-15(16(21,22)23)13-8(4-5-14(15,19)20)9-6-10(17)11(18)7-12(9)24-13/h6-7,24H,4-5H2,1-3H3. The number of aromatic nitrogens is 1. The largest absolute Gasteiger partial charge is 0.428 e. The van der Waals surface area contributed by atoms with Crippen LogP contribution in [0.15, 0.2) is 12.1 Å². The fourth-order valence-electron chi connectivity index (χ4n) is 3.44. The van der Waals surface area contributed by atoms with Gasteiger partial charge in [-0.3, -0.25) is 0 Å². The van der Waals surface area contributed by atoms with Gasteiger partial charge in [-0.05, 0) is 43.8 Å². The number of aryl methyl sites for hydroxylation is 1. The summed E-state index contributed by atoms with van der Waals surface area (Å²) >= 11 is 11.9. The average molecular weight is 432 g/mol. The first-order valence-electron chi connectivity index (χ1n) is 7.84. The SMILES string of the molecule is C[Si](C)(C)OC1(C(F)(F)F)c2[nH]c3cc(Cl)c(Cl)cc3c2CCC1(F)F. The molecule has 1 N–H and O–H groups in total. The summed E-state index contributed by atoms with van der Waals surface area (Å²) in [7, 11) is -3.03. The Hall–Kier alpha value is -0.833. The molecule has 2 nitrogen and oxygen atoms in total. The molecule has 0 radical (unpaired) electrons. The summed E-state index contributed by atoms with van der Waals surface area (Å²) in [5.41, 5.74) is -4.03. The topological polar surface area (TPSA) is 25.0 Å². The maximum Gasteiger partial charge on any atom is 0.428 e. The maximum atomic E-state index is 14.8. The zero-order chi connectivity index (χ0) is 19.7. The summed E-state index contributed by atoms with van der Waals surface area (Å²) in [4.78, 5) is 2.51. The molecule has 1 aliphatic carbocycles. The van der Waals surface area contributed by atoms with Crippen molar-refractivity contribution < 1.29 is 26.4 Å². The molecular formula is C16H16Cl2F5NOSi. The van der Waals surface area contributed by atoms with Crippen LogP contribution in [0.2, 0.25) is 29.7 Å². The van der Waals surface area contributed by atoms with E-state index in [1.807, 2.05) is 0 Å². The van der Waals surface area contributed by atoms with Crippen molar-refractivity contribution in [1.82, 2.24) is 4.98 Å². The van der Waals surface area contributed by atoms with E-state index in [0.717, 1.165) is 0 Å². The van der Waals surface area contributed by atoms with Crippen LogP contribution in [0, 0.1) is 0 Å². The van der Waals surface area contributed by atoms with Crippen molar-refractivity contribution in [1.29, 1.82) is 0 Å². The number of aromatic amines is 1. The Labute approximate surface area is 157 Å². The second kappa shape index (κ2) is 5.83. The van der Waals surface area contributed by atoms with Gasteiger partial charge in [0, 0.05) is 17.3 Å². The number of hydrogen-bond acceptors (Lipinski definition) is 1. The molecule has 0 bridgehead atoms. The summed E-state index contributed by atoms with van der Waals surface area (Å²) in [6.07, 6.45) is -6.52. The van der Waals surface area contributed by atoms with E-state index in [9.17, 15) is 22.0 Å². The van der Waals surface area contributed by atoms with Crippen molar-refractivity contribution in [2.75, 3.05) is 0 Å². The normalized spacial score (nSPS) is 23.3. The third-order valence-electron chi connectivity index (χ3n) is 4.36. The lowest BCUT2D eigenvalue weighted by Gasteiger charge is -2.47. The third kappa shape index (κ3) is 2.85. The zero-order valence-corrected chi connectivity index (χ0v) is 16.6. The Balaban J connectivity index is 2.40. The summed E-state index contributed by atoms with van der Waals surface area (Å²) in [6, 6.07) is 2.74. The average Bonchev–Trinajstić information content (AvgIpc) is 2.78. The molecule has 1 unspecified atom stereocenters. The molecular weight excluding hydrogens is 416 g/mol. The van der Waals surface area contributed by atoms with Crippen molar-refractivity contribution >= 4 is 42.4 Å². The molecule has 3 rings (SSSR count). The fraction of sp³-hybridized carbons (Fsp3) is 0.500. The molecule has 1 aromatic carbocycles. The number of alkyl halides is 5. The molecule has 0 amide bonds. The predicted molar refractivity (Wildman–Crippen MR) is 93.8 cm³/mol. The number of rotatable bonds is 2. The van der Waals surface area contributed by atoms with Gasteiger partial charge < -0.3 is 9.41 Å². The summed E-state index contributed by atoms with van der Waals surface area (Å²) in [6.45, 7) is 4.34. The molecule has 1 atom stereocenters. The Morgan fingerprint density at radius 2 is 1.69 bits per heavy atom. The van der Waals surface area contributed by atoms with Gasteiger partial charge in [-0.1, -0.05) is 23.2 Å². The van der Waals surface area contributed by atoms with Crippen LogP contribution >= 0.6 is 23.2 Å². The molecule has 0 saturated carbocycles.